The first-order chi connectivity index (χ1) is 9.71. The number of aryl methyl sites for hydroxylation is 2. The number of nitrogens with zero attached hydrogens (tertiary/aromatic N) is 3. The lowest BCUT2D eigenvalue weighted by atomic mass is 9.92. The molecule has 116 valence electrons. The Labute approximate surface area is 133 Å². The van der Waals surface area contributed by atoms with E-state index in [9.17, 15) is 9.59 Å². The molecule has 21 heavy (non-hydrogen) atoms. The smallest absolute Gasteiger partial charge is 0.249 e. The summed E-state index contributed by atoms with van der Waals surface area (Å²) in [5, 5.41) is 7.16. The van der Waals surface area contributed by atoms with Crippen LogP contribution in [0, 0.1) is 6.92 Å². The lowest BCUT2D eigenvalue weighted by Gasteiger charge is -2.43. The van der Waals surface area contributed by atoms with Crippen LogP contribution in [-0.2, 0) is 23.2 Å². The Balaban J connectivity index is 2.36. The van der Waals surface area contributed by atoms with E-state index >= 15 is 0 Å². The van der Waals surface area contributed by atoms with Gasteiger partial charge in [0.25, 0.3) is 0 Å². The maximum atomic E-state index is 12.7. The fraction of sp³-hybridized carbons (Fsp3) is 0.643. The summed E-state index contributed by atoms with van der Waals surface area (Å²) >= 11 is 3.51. The third-order valence-corrected chi connectivity index (χ3v) is 5.30. The molecule has 2 heterocycles. The molecule has 0 aliphatic carbocycles. The molecule has 7 heteroatoms. The Morgan fingerprint density at radius 2 is 2.05 bits per heavy atom. The van der Waals surface area contributed by atoms with Crippen molar-refractivity contribution in [1.82, 2.24) is 20.0 Å². The van der Waals surface area contributed by atoms with Crippen LogP contribution >= 0.6 is 15.9 Å². The molecule has 1 aromatic heterocycles. The van der Waals surface area contributed by atoms with E-state index in [0.29, 0.717) is 13.0 Å². The predicted molar refractivity (Wildman–Crippen MR) is 82.5 cm³/mol. The molecule has 6 nitrogen and oxygen atoms in total. The summed E-state index contributed by atoms with van der Waals surface area (Å²) in [5.74, 6) is -0.170. The van der Waals surface area contributed by atoms with Crippen molar-refractivity contribution < 1.29 is 9.59 Å². The Hall–Kier alpha value is -1.37. The van der Waals surface area contributed by atoms with Crippen LogP contribution < -0.4 is 5.32 Å². The maximum absolute atomic E-state index is 12.7. The first-order valence-electron chi connectivity index (χ1n) is 7.02. The van der Waals surface area contributed by atoms with Crippen molar-refractivity contribution in [3.63, 3.8) is 0 Å². The Morgan fingerprint density at radius 1 is 1.43 bits per heavy atom. The standard InChI is InChI=1S/C14H21BrN4O2/c1-6-14(4)13(21)19(9(3)12(20)16-14)7-10-11(15)8(2)17-18(10)5/h9H,6-7H2,1-5H3,(H,16,20). The Morgan fingerprint density at radius 3 is 2.52 bits per heavy atom. The van der Waals surface area contributed by atoms with Gasteiger partial charge in [-0.05, 0) is 43.1 Å². The van der Waals surface area contributed by atoms with E-state index in [-0.39, 0.29) is 11.8 Å². The molecule has 2 unspecified atom stereocenters. The van der Waals surface area contributed by atoms with Crippen molar-refractivity contribution in [2.45, 2.75) is 52.2 Å². The molecule has 0 saturated carbocycles. The van der Waals surface area contributed by atoms with Gasteiger partial charge in [-0.15, -0.1) is 0 Å². The molecule has 2 rings (SSSR count). The number of hydrogen-bond donors (Lipinski definition) is 1. The van der Waals surface area contributed by atoms with Crippen LogP contribution in [0.25, 0.3) is 0 Å². The van der Waals surface area contributed by atoms with E-state index < -0.39 is 11.6 Å². The average Bonchev–Trinajstić information content (AvgIpc) is 2.67. The van der Waals surface area contributed by atoms with Gasteiger partial charge in [0.1, 0.15) is 11.6 Å². The number of halogens is 1. The minimum atomic E-state index is -0.830. The van der Waals surface area contributed by atoms with Crippen LogP contribution in [0.5, 0.6) is 0 Å². The number of piperazine rings is 1. The summed E-state index contributed by atoms with van der Waals surface area (Å²) in [7, 11) is 1.84. The van der Waals surface area contributed by atoms with E-state index in [1.54, 1.807) is 23.4 Å². The van der Waals surface area contributed by atoms with Gasteiger partial charge in [-0.2, -0.15) is 5.10 Å². The average molecular weight is 357 g/mol. The van der Waals surface area contributed by atoms with E-state index in [2.05, 4.69) is 26.3 Å². The van der Waals surface area contributed by atoms with Gasteiger partial charge < -0.3 is 10.2 Å². The van der Waals surface area contributed by atoms with Crippen molar-refractivity contribution in [2.24, 2.45) is 7.05 Å². The maximum Gasteiger partial charge on any atom is 0.249 e. The quantitative estimate of drug-likeness (QED) is 0.892. The Kier molecular flexibility index (Phi) is 4.15. The molecule has 1 aromatic rings. The van der Waals surface area contributed by atoms with Gasteiger partial charge in [-0.25, -0.2) is 0 Å². The molecular formula is C14H21BrN4O2. The van der Waals surface area contributed by atoms with Gasteiger partial charge in [0.05, 0.1) is 22.4 Å². The highest BCUT2D eigenvalue weighted by atomic mass is 79.9. The van der Waals surface area contributed by atoms with E-state index in [4.69, 9.17) is 0 Å². The largest absolute Gasteiger partial charge is 0.340 e. The van der Waals surface area contributed by atoms with E-state index in [1.165, 1.54) is 0 Å². The fourth-order valence-corrected chi connectivity index (χ4v) is 2.99. The predicted octanol–water partition coefficient (Wildman–Crippen LogP) is 1.51. The van der Waals surface area contributed by atoms with Crippen molar-refractivity contribution in [1.29, 1.82) is 0 Å². The number of rotatable bonds is 3. The first kappa shape index (κ1) is 16.0. The van der Waals surface area contributed by atoms with Crippen LogP contribution in [0.1, 0.15) is 38.6 Å². The molecular weight excluding hydrogens is 336 g/mol. The topological polar surface area (TPSA) is 67.2 Å². The van der Waals surface area contributed by atoms with Crippen LogP contribution in [0.4, 0.5) is 0 Å². The molecule has 0 radical (unpaired) electrons. The molecule has 1 aliphatic heterocycles. The minimum Gasteiger partial charge on any atom is -0.340 e. The molecule has 1 fully saturated rings. The van der Waals surface area contributed by atoms with Crippen molar-refractivity contribution in [3.05, 3.63) is 15.9 Å². The second-order valence-corrected chi connectivity index (χ2v) is 6.55. The summed E-state index contributed by atoms with van der Waals surface area (Å²) in [5.41, 5.74) is 0.928. The van der Waals surface area contributed by atoms with Crippen molar-refractivity contribution >= 4 is 27.7 Å². The zero-order valence-corrected chi connectivity index (χ0v) is 14.6. The SMILES string of the molecule is CCC1(C)NC(=O)C(C)N(Cc2c(Br)c(C)nn2C)C1=O. The number of aromatic nitrogens is 2. The summed E-state index contributed by atoms with van der Waals surface area (Å²) < 4.78 is 2.63. The molecule has 2 amide bonds. The highest BCUT2D eigenvalue weighted by Crippen LogP contribution is 2.27. The van der Waals surface area contributed by atoms with Crippen LogP contribution in [0.15, 0.2) is 4.47 Å². The first-order valence-corrected chi connectivity index (χ1v) is 7.81. The molecule has 0 aromatic carbocycles. The normalized spacial score (nSPS) is 26.2. The molecule has 2 atom stereocenters. The number of nitrogens with one attached hydrogen (secondary N) is 1. The van der Waals surface area contributed by atoms with Crippen LogP contribution in [0.2, 0.25) is 0 Å². The summed E-state index contributed by atoms with van der Waals surface area (Å²) in [4.78, 5) is 26.5. The molecule has 1 N–H and O–H groups in total. The van der Waals surface area contributed by atoms with Crippen molar-refractivity contribution in [3.8, 4) is 0 Å². The van der Waals surface area contributed by atoms with Crippen LogP contribution in [0.3, 0.4) is 0 Å². The van der Waals surface area contributed by atoms with Gasteiger partial charge in [0.2, 0.25) is 11.8 Å². The number of hydrogen-bond acceptors (Lipinski definition) is 3. The van der Waals surface area contributed by atoms with E-state index in [0.717, 1.165) is 15.9 Å². The number of amides is 2. The van der Waals surface area contributed by atoms with Gasteiger partial charge in [0, 0.05) is 7.05 Å². The van der Waals surface area contributed by atoms with Gasteiger partial charge in [-0.1, -0.05) is 6.92 Å². The zero-order valence-electron chi connectivity index (χ0n) is 13.0. The highest BCUT2D eigenvalue weighted by Gasteiger charge is 2.45. The second kappa shape index (κ2) is 5.44. The third kappa shape index (κ3) is 2.59. The van der Waals surface area contributed by atoms with Gasteiger partial charge >= 0.3 is 0 Å². The minimum absolute atomic E-state index is 0.0529. The summed E-state index contributed by atoms with van der Waals surface area (Å²) in [6, 6.07) is -0.487. The summed E-state index contributed by atoms with van der Waals surface area (Å²) in [6.07, 6.45) is 0.562. The van der Waals surface area contributed by atoms with Gasteiger partial charge in [0.15, 0.2) is 0 Å². The zero-order chi connectivity index (χ0) is 15.9. The molecule has 0 bridgehead atoms. The van der Waals surface area contributed by atoms with Crippen molar-refractivity contribution in [2.75, 3.05) is 0 Å². The Bertz CT molecular complexity index is 598. The molecule has 0 spiro atoms. The molecule has 1 aliphatic rings. The lowest BCUT2D eigenvalue weighted by molar-refractivity contribution is -0.154. The van der Waals surface area contributed by atoms with Crippen LogP contribution in [-0.4, -0.2) is 38.1 Å². The lowest BCUT2D eigenvalue weighted by Crippen LogP contribution is -2.68. The highest BCUT2D eigenvalue weighted by molar-refractivity contribution is 9.10. The third-order valence-electron chi connectivity index (χ3n) is 4.27. The number of carbonyl (C=O) groups excluding carboxylic acids is 2. The number of carbonyl (C=O) groups is 2. The van der Waals surface area contributed by atoms with Gasteiger partial charge in [-0.3, -0.25) is 14.3 Å². The monoisotopic (exact) mass is 356 g/mol. The fourth-order valence-electron chi connectivity index (χ4n) is 2.53. The summed E-state index contributed by atoms with van der Waals surface area (Å²) in [6.45, 7) is 7.69. The second-order valence-electron chi connectivity index (χ2n) is 5.75. The molecule has 1 saturated heterocycles. The van der Waals surface area contributed by atoms with E-state index in [1.807, 2.05) is 20.9 Å².